The van der Waals surface area contributed by atoms with Crippen LogP contribution >= 0.6 is 0 Å². The average Bonchev–Trinajstić information content (AvgIpc) is 2.53. The molecular weight excluding hydrogens is 284 g/mol. The van der Waals surface area contributed by atoms with Crippen molar-refractivity contribution in [1.29, 1.82) is 0 Å². The number of anilines is 1. The molecule has 1 aliphatic heterocycles. The molecular formula is C20H34N2O. The first-order valence-corrected chi connectivity index (χ1v) is 9.32. The van der Waals surface area contributed by atoms with Gasteiger partial charge in [-0.1, -0.05) is 32.8 Å². The number of hydrogen-bond donors (Lipinski definition) is 1. The lowest BCUT2D eigenvalue weighted by molar-refractivity contribution is 0.116. The van der Waals surface area contributed by atoms with E-state index in [1.54, 1.807) is 0 Å². The summed E-state index contributed by atoms with van der Waals surface area (Å²) in [7, 11) is 0. The third-order valence-electron chi connectivity index (χ3n) is 4.51. The first-order valence-electron chi connectivity index (χ1n) is 9.32. The molecule has 1 aliphatic rings. The van der Waals surface area contributed by atoms with Crippen LogP contribution in [0.2, 0.25) is 0 Å². The highest BCUT2D eigenvalue weighted by Crippen LogP contribution is 2.33. The largest absolute Gasteiger partial charge is 0.484 e. The Kier molecular flexibility index (Phi) is 6.76. The van der Waals surface area contributed by atoms with Crippen molar-refractivity contribution in [3.05, 3.63) is 23.8 Å². The van der Waals surface area contributed by atoms with E-state index in [1.807, 2.05) is 0 Å². The predicted molar refractivity (Wildman–Crippen MR) is 99.6 cm³/mol. The van der Waals surface area contributed by atoms with E-state index in [9.17, 15) is 0 Å². The Morgan fingerprint density at radius 1 is 1.09 bits per heavy atom. The highest BCUT2D eigenvalue weighted by molar-refractivity contribution is 5.60. The van der Waals surface area contributed by atoms with E-state index < -0.39 is 0 Å². The zero-order valence-electron chi connectivity index (χ0n) is 15.5. The lowest BCUT2D eigenvalue weighted by Crippen LogP contribution is -2.40. The van der Waals surface area contributed by atoms with Crippen molar-refractivity contribution in [1.82, 2.24) is 4.90 Å². The van der Waals surface area contributed by atoms with Crippen LogP contribution < -0.4 is 10.1 Å². The minimum atomic E-state index is -0.119. The number of ether oxygens (including phenoxy) is 1. The van der Waals surface area contributed by atoms with Crippen LogP contribution in [0.15, 0.2) is 18.2 Å². The molecule has 23 heavy (non-hydrogen) atoms. The van der Waals surface area contributed by atoms with Gasteiger partial charge in [0.25, 0.3) is 0 Å². The zero-order valence-corrected chi connectivity index (χ0v) is 15.5. The van der Waals surface area contributed by atoms with Crippen molar-refractivity contribution in [3.63, 3.8) is 0 Å². The molecule has 0 amide bonds. The van der Waals surface area contributed by atoms with Gasteiger partial charge in [-0.2, -0.15) is 0 Å². The summed E-state index contributed by atoms with van der Waals surface area (Å²) in [5, 5.41) is 3.51. The predicted octanol–water partition coefficient (Wildman–Crippen LogP) is 4.71. The average molecular weight is 319 g/mol. The third kappa shape index (κ3) is 5.72. The fraction of sp³-hybridized carbons (Fsp3) is 0.700. The number of nitrogens with one attached hydrogen (secondary N) is 1. The second-order valence-electron chi connectivity index (χ2n) is 7.34. The van der Waals surface area contributed by atoms with Gasteiger partial charge in [-0.05, 0) is 63.9 Å². The molecule has 0 saturated heterocycles. The summed E-state index contributed by atoms with van der Waals surface area (Å²) in [6.07, 6.45) is 6.28. The number of benzene rings is 1. The summed E-state index contributed by atoms with van der Waals surface area (Å²) < 4.78 is 6.03. The van der Waals surface area contributed by atoms with Crippen molar-refractivity contribution in [3.8, 4) is 5.75 Å². The number of fused-ring (bicyclic) bond motifs is 1. The van der Waals surface area contributed by atoms with E-state index >= 15 is 0 Å². The van der Waals surface area contributed by atoms with Gasteiger partial charge in [0.05, 0.1) is 12.2 Å². The SMILES string of the molecule is CCCCN(CCCC)CCc1ccc2c(c1)NCC(C)(C)O2. The maximum atomic E-state index is 6.03. The number of rotatable bonds is 9. The molecule has 1 heterocycles. The molecule has 0 unspecified atom stereocenters. The summed E-state index contributed by atoms with van der Waals surface area (Å²) >= 11 is 0. The standard InChI is InChI=1S/C20H34N2O/c1-5-7-12-22(13-8-6-2)14-11-17-9-10-19-18(15-17)21-16-20(3,4)23-19/h9-10,15,21H,5-8,11-14,16H2,1-4H3. The van der Waals surface area contributed by atoms with Gasteiger partial charge in [0.2, 0.25) is 0 Å². The maximum Gasteiger partial charge on any atom is 0.143 e. The van der Waals surface area contributed by atoms with Crippen LogP contribution in [0.3, 0.4) is 0 Å². The van der Waals surface area contributed by atoms with Crippen LogP contribution in [0.25, 0.3) is 0 Å². The van der Waals surface area contributed by atoms with Gasteiger partial charge < -0.3 is 15.0 Å². The molecule has 130 valence electrons. The van der Waals surface area contributed by atoms with E-state index in [4.69, 9.17) is 4.74 Å². The number of hydrogen-bond acceptors (Lipinski definition) is 3. The first kappa shape index (κ1) is 18.1. The molecule has 3 heteroatoms. The highest BCUT2D eigenvalue weighted by Gasteiger charge is 2.26. The zero-order chi connectivity index (χ0) is 16.7. The molecule has 1 N–H and O–H groups in total. The first-order chi connectivity index (χ1) is 11.0. The van der Waals surface area contributed by atoms with E-state index in [0.29, 0.717) is 0 Å². The summed E-state index contributed by atoms with van der Waals surface area (Å²) in [6.45, 7) is 13.3. The molecule has 0 radical (unpaired) electrons. The Balaban J connectivity index is 1.91. The summed E-state index contributed by atoms with van der Waals surface area (Å²) in [4.78, 5) is 2.62. The molecule has 0 aliphatic carbocycles. The van der Waals surface area contributed by atoms with Crippen LogP contribution in [-0.2, 0) is 6.42 Å². The van der Waals surface area contributed by atoms with Crippen molar-refractivity contribution < 1.29 is 4.74 Å². The molecule has 0 atom stereocenters. The van der Waals surface area contributed by atoms with E-state index in [-0.39, 0.29) is 5.60 Å². The molecule has 1 aromatic carbocycles. The Bertz CT molecular complexity index is 477. The molecule has 0 spiro atoms. The van der Waals surface area contributed by atoms with Gasteiger partial charge in [0.15, 0.2) is 0 Å². The highest BCUT2D eigenvalue weighted by atomic mass is 16.5. The molecule has 3 nitrogen and oxygen atoms in total. The lowest BCUT2D eigenvalue weighted by Gasteiger charge is -2.33. The Hall–Kier alpha value is -1.22. The van der Waals surface area contributed by atoms with Crippen molar-refractivity contribution in [2.75, 3.05) is 31.5 Å². The summed E-state index contributed by atoms with van der Waals surface area (Å²) in [5.74, 6) is 0.985. The molecule has 0 aromatic heterocycles. The smallest absolute Gasteiger partial charge is 0.143 e. The van der Waals surface area contributed by atoms with Crippen LogP contribution in [0.4, 0.5) is 5.69 Å². The minimum absolute atomic E-state index is 0.119. The van der Waals surface area contributed by atoms with Crippen LogP contribution in [0.1, 0.15) is 58.9 Å². The topological polar surface area (TPSA) is 24.5 Å². The fourth-order valence-corrected chi connectivity index (χ4v) is 2.99. The third-order valence-corrected chi connectivity index (χ3v) is 4.51. The van der Waals surface area contributed by atoms with Gasteiger partial charge in [0.1, 0.15) is 11.4 Å². The fourth-order valence-electron chi connectivity index (χ4n) is 2.99. The number of nitrogens with zero attached hydrogens (tertiary/aromatic N) is 1. The van der Waals surface area contributed by atoms with Gasteiger partial charge >= 0.3 is 0 Å². The summed E-state index contributed by atoms with van der Waals surface area (Å²) in [6, 6.07) is 6.61. The minimum Gasteiger partial charge on any atom is -0.484 e. The monoisotopic (exact) mass is 318 g/mol. The Morgan fingerprint density at radius 3 is 2.43 bits per heavy atom. The van der Waals surface area contributed by atoms with E-state index in [1.165, 1.54) is 44.3 Å². The van der Waals surface area contributed by atoms with Crippen molar-refractivity contribution in [2.45, 2.75) is 65.4 Å². The molecule has 0 bridgehead atoms. The molecule has 0 saturated carbocycles. The van der Waals surface area contributed by atoms with E-state index in [0.717, 1.165) is 30.9 Å². The maximum absolute atomic E-state index is 6.03. The van der Waals surface area contributed by atoms with E-state index in [2.05, 4.69) is 56.1 Å². The van der Waals surface area contributed by atoms with Gasteiger partial charge in [-0.3, -0.25) is 0 Å². The van der Waals surface area contributed by atoms with Crippen LogP contribution in [-0.4, -0.2) is 36.7 Å². The second-order valence-corrected chi connectivity index (χ2v) is 7.34. The molecule has 0 fully saturated rings. The second kappa shape index (κ2) is 8.58. The molecule has 1 aromatic rings. The number of unbranched alkanes of at least 4 members (excludes halogenated alkanes) is 2. The quantitative estimate of drug-likeness (QED) is 0.713. The Labute approximate surface area is 142 Å². The van der Waals surface area contributed by atoms with Gasteiger partial charge in [-0.25, -0.2) is 0 Å². The van der Waals surface area contributed by atoms with Crippen LogP contribution in [0.5, 0.6) is 5.75 Å². The van der Waals surface area contributed by atoms with Gasteiger partial charge in [-0.15, -0.1) is 0 Å². The molecule has 2 rings (SSSR count). The summed E-state index contributed by atoms with van der Waals surface area (Å²) in [5.41, 5.74) is 2.43. The van der Waals surface area contributed by atoms with Crippen molar-refractivity contribution >= 4 is 5.69 Å². The van der Waals surface area contributed by atoms with Crippen molar-refractivity contribution in [2.24, 2.45) is 0 Å². The normalized spacial score (nSPS) is 15.9. The Morgan fingerprint density at radius 2 is 1.78 bits per heavy atom. The van der Waals surface area contributed by atoms with Gasteiger partial charge in [0, 0.05) is 6.54 Å². The lowest BCUT2D eigenvalue weighted by atomic mass is 10.0. The van der Waals surface area contributed by atoms with Crippen LogP contribution in [0, 0.1) is 0 Å².